The molecule has 8 nitrogen and oxygen atoms in total. The Bertz CT molecular complexity index is 1230. The number of alkyl halides is 3. The predicted octanol–water partition coefficient (Wildman–Crippen LogP) is 2.47. The van der Waals surface area contributed by atoms with E-state index < -0.39 is 50.3 Å². The number of fused-ring (bicyclic) bond motifs is 1. The van der Waals surface area contributed by atoms with Crippen LogP contribution in [0.25, 0.3) is 0 Å². The lowest BCUT2D eigenvalue weighted by Gasteiger charge is -2.38. The molecule has 0 unspecified atom stereocenters. The summed E-state index contributed by atoms with van der Waals surface area (Å²) in [6.07, 6.45) is -2.58. The first kappa shape index (κ1) is 25.9. The van der Waals surface area contributed by atoms with Gasteiger partial charge in [-0.2, -0.15) is 22.4 Å². The van der Waals surface area contributed by atoms with Crippen LogP contribution in [0.1, 0.15) is 29.7 Å². The van der Waals surface area contributed by atoms with Gasteiger partial charge >= 0.3 is 12.1 Å². The van der Waals surface area contributed by atoms with E-state index in [0.717, 1.165) is 22.5 Å². The first-order valence-corrected chi connectivity index (χ1v) is 13.2. The van der Waals surface area contributed by atoms with Crippen molar-refractivity contribution in [3.8, 4) is 0 Å². The number of rotatable bonds is 4. The molecular weight excluding hydrogens is 519 g/mol. The van der Waals surface area contributed by atoms with Crippen LogP contribution in [0.5, 0.6) is 0 Å². The molecule has 0 bridgehead atoms. The van der Waals surface area contributed by atoms with Crippen LogP contribution in [0.3, 0.4) is 0 Å². The molecule has 2 aromatic rings. The van der Waals surface area contributed by atoms with Crippen molar-refractivity contribution in [3.63, 3.8) is 0 Å². The van der Waals surface area contributed by atoms with Gasteiger partial charge in [-0.3, -0.25) is 4.90 Å². The van der Waals surface area contributed by atoms with Crippen LogP contribution in [0.4, 0.5) is 22.0 Å². The monoisotopic (exact) mass is 540 g/mol. The third-order valence-corrected chi connectivity index (χ3v) is 8.34. The predicted molar refractivity (Wildman–Crippen MR) is 115 cm³/mol. The number of carbonyl (C=O) groups excluding carboxylic acids is 1. The van der Waals surface area contributed by atoms with Crippen LogP contribution in [-0.2, 0) is 37.6 Å². The molecule has 1 aromatic heterocycles. The average molecular weight is 541 g/mol. The van der Waals surface area contributed by atoms with E-state index in [1.807, 2.05) is 4.90 Å². The Morgan fingerprint density at radius 3 is 2.63 bits per heavy atom. The van der Waals surface area contributed by atoms with E-state index in [4.69, 9.17) is 10.5 Å². The highest BCUT2D eigenvalue weighted by Gasteiger charge is 2.53. The van der Waals surface area contributed by atoms with E-state index in [0.29, 0.717) is 42.1 Å². The molecule has 0 spiro atoms. The van der Waals surface area contributed by atoms with Gasteiger partial charge in [0.1, 0.15) is 11.6 Å². The third kappa shape index (κ3) is 5.04. The summed E-state index contributed by atoms with van der Waals surface area (Å²) in [6.45, 7) is 0.583. The molecule has 0 radical (unpaired) electrons. The Hall–Kier alpha value is -2.23. The topological polar surface area (TPSA) is 108 Å². The lowest BCUT2D eigenvalue weighted by atomic mass is 9.94. The number of halogens is 5. The number of nitrogens with two attached hydrogens (primary N) is 1. The van der Waals surface area contributed by atoms with Crippen molar-refractivity contribution >= 4 is 27.8 Å². The molecule has 1 aromatic carbocycles. The summed E-state index contributed by atoms with van der Waals surface area (Å²) in [6, 6.07) is 0.563. The van der Waals surface area contributed by atoms with E-state index in [1.165, 1.54) is 6.20 Å². The number of hydrogen-bond acceptors (Lipinski definition) is 8. The number of benzene rings is 1. The zero-order valence-corrected chi connectivity index (χ0v) is 19.9. The fourth-order valence-corrected chi connectivity index (χ4v) is 6.35. The molecule has 15 heteroatoms. The van der Waals surface area contributed by atoms with Crippen molar-refractivity contribution in [2.45, 2.75) is 49.1 Å². The van der Waals surface area contributed by atoms with Gasteiger partial charge in [0, 0.05) is 36.5 Å². The fourth-order valence-electron chi connectivity index (χ4n) is 4.33. The van der Waals surface area contributed by atoms with Gasteiger partial charge in [-0.1, -0.05) is 0 Å². The van der Waals surface area contributed by atoms with Gasteiger partial charge in [-0.15, -0.1) is 11.8 Å². The maximum Gasteiger partial charge on any atom is 0.490 e. The summed E-state index contributed by atoms with van der Waals surface area (Å²) >= 11 is 0.714. The van der Waals surface area contributed by atoms with Crippen LogP contribution >= 0.6 is 11.8 Å². The highest BCUT2D eigenvalue weighted by atomic mass is 32.2. The van der Waals surface area contributed by atoms with Crippen molar-refractivity contribution < 1.29 is 39.9 Å². The van der Waals surface area contributed by atoms with Gasteiger partial charge in [0.2, 0.25) is 4.93 Å². The molecule has 35 heavy (non-hydrogen) atoms. The van der Waals surface area contributed by atoms with Crippen LogP contribution in [0, 0.1) is 11.6 Å². The number of esters is 1. The lowest BCUT2D eigenvalue weighted by molar-refractivity contribution is -0.209. The first-order chi connectivity index (χ1) is 16.2. The third-order valence-electron chi connectivity index (χ3n) is 6.00. The second kappa shape index (κ2) is 9.01. The lowest BCUT2D eigenvalue weighted by Crippen LogP contribution is -2.50. The minimum absolute atomic E-state index is 0.00948. The Balaban J connectivity index is 1.63. The zero-order valence-electron chi connectivity index (χ0n) is 18.3. The molecule has 0 amide bonds. The van der Waals surface area contributed by atoms with Crippen LogP contribution in [0.15, 0.2) is 24.4 Å². The van der Waals surface area contributed by atoms with E-state index in [9.17, 15) is 35.2 Å². The summed E-state index contributed by atoms with van der Waals surface area (Å²) in [5.41, 5.74) is 6.92. The number of nitrogens with zero attached hydrogens (tertiary/aromatic N) is 3. The SMILES string of the molecule is CS(=O)(=O)n1cc2c(n1)CN([C@H]1CCS[C@@](OC(=O)C(F)(F)F)(c3cc(F)ccc3F)[C@@H](N)C1)C2. The van der Waals surface area contributed by atoms with Crippen LogP contribution in [-0.4, -0.2) is 58.7 Å². The van der Waals surface area contributed by atoms with Gasteiger partial charge in [-0.25, -0.2) is 22.0 Å². The van der Waals surface area contributed by atoms with Crippen LogP contribution < -0.4 is 5.73 Å². The molecule has 192 valence electrons. The van der Waals surface area contributed by atoms with Crippen molar-refractivity contribution in [1.82, 2.24) is 14.1 Å². The molecule has 3 atom stereocenters. The van der Waals surface area contributed by atoms with Gasteiger partial charge < -0.3 is 10.5 Å². The second-order valence-corrected chi connectivity index (χ2v) is 11.6. The van der Waals surface area contributed by atoms with E-state index >= 15 is 0 Å². The first-order valence-electron chi connectivity index (χ1n) is 10.4. The molecule has 1 fully saturated rings. The average Bonchev–Trinajstić information content (AvgIpc) is 3.28. The zero-order chi connectivity index (χ0) is 25.8. The van der Waals surface area contributed by atoms with Gasteiger partial charge in [0.05, 0.1) is 18.0 Å². The highest BCUT2D eigenvalue weighted by Crippen LogP contribution is 2.47. The second-order valence-electron chi connectivity index (χ2n) is 8.45. The fraction of sp³-hybridized carbons (Fsp3) is 0.500. The van der Waals surface area contributed by atoms with Crippen molar-refractivity contribution in [2.24, 2.45) is 5.73 Å². The van der Waals surface area contributed by atoms with E-state index in [1.54, 1.807) is 0 Å². The molecule has 1 saturated heterocycles. The molecular formula is C20H21F5N4O4S2. The molecule has 2 aliphatic heterocycles. The minimum atomic E-state index is -5.37. The normalized spacial score (nSPS) is 25.8. The molecule has 4 rings (SSSR count). The summed E-state index contributed by atoms with van der Waals surface area (Å²) in [4.78, 5) is 11.4. The standard InChI is InChI=1S/C20H21F5N4O4S2/c1-35(31,32)29-9-11-8-28(10-16(11)27-29)13-4-5-34-19(17(26)7-13,33-18(30)20(23,24)25)14-6-12(21)2-3-15(14)22/h2-3,6,9,13,17H,4-5,7-8,10,26H2,1H3/t13-,17-,19-/m0/s1. The van der Waals surface area contributed by atoms with Crippen molar-refractivity contribution in [1.29, 1.82) is 0 Å². The smallest absolute Gasteiger partial charge is 0.435 e. The largest absolute Gasteiger partial charge is 0.490 e. The van der Waals surface area contributed by atoms with E-state index in [2.05, 4.69) is 5.10 Å². The molecule has 2 aliphatic rings. The highest BCUT2D eigenvalue weighted by molar-refractivity contribution is 8.00. The Kier molecular flexibility index (Phi) is 6.66. The number of ether oxygens (including phenoxy) is 1. The number of thioether (sulfide) groups is 1. The molecule has 3 heterocycles. The Morgan fingerprint density at radius 1 is 1.29 bits per heavy atom. The van der Waals surface area contributed by atoms with Crippen molar-refractivity contribution in [3.05, 3.63) is 52.9 Å². The molecule has 2 N–H and O–H groups in total. The number of carbonyl (C=O) groups is 1. The summed E-state index contributed by atoms with van der Waals surface area (Å²) < 4.78 is 97.2. The summed E-state index contributed by atoms with van der Waals surface area (Å²) in [5.74, 6) is -4.42. The minimum Gasteiger partial charge on any atom is -0.435 e. The molecule has 0 saturated carbocycles. The Labute approximate surface area is 201 Å². The number of hydrogen-bond donors (Lipinski definition) is 1. The van der Waals surface area contributed by atoms with E-state index in [-0.39, 0.29) is 24.8 Å². The van der Waals surface area contributed by atoms with Gasteiger partial charge in [0.25, 0.3) is 10.0 Å². The Morgan fingerprint density at radius 2 is 2.00 bits per heavy atom. The maximum absolute atomic E-state index is 14.7. The van der Waals surface area contributed by atoms with Gasteiger partial charge in [0.15, 0.2) is 0 Å². The van der Waals surface area contributed by atoms with Gasteiger partial charge in [-0.05, 0) is 36.8 Å². The number of aromatic nitrogens is 2. The summed E-state index contributed by atoms with van der Waals surface area (Å²) in [5, 5.41) is 4.08. The van der Waals surface area contributed by atoms with Crippen LogP contribution in [0.2, 0.25) is 0 Å². The maximum atomic E-state index is 14.7. The molecule has 0 aliphatic carbocycles. The summed E-state index contributed by atoms with van der Waals surface area (Å²) in [7, 11) is -3.56. The quantitative estimate of drug-likeness (QED) is 0.466. The van der Waals surface area contributed by atoms with Crippen molar-refractivity contribution in [2.75, 3.05) is 12.0 Å².